The van der Waals surface area contributed by atoms with Crippen LogP contribution in [0.3, 0.4) is 0 Å². The number of anilines is 1. The number of imidazole rings is 1. The number of carbonyl (C=O) groups is 1. The van der Waals surface area contributed by atoms with E-state index in [0.717, 1.165) is 37.1 Å². The number of aromatic nitrogens is 3. The molecule has 0 spiro atoms. The van der Waals surface area contributed by atoms with Crippen LogP contribution in [0.25, 0.3) is 21.9 Å². The van der Waals surface area contributed by atoms with Crippen molar-refractivity contribution in [3.63, 3.8) is 0 Å². The molecular formula is C23H25F2N5O. The Morgan fingerprint density at radius 2 is 1.97 bits per heavy atom. The van der Waals surface area contributed by atoms with Gasteiger partial charge in [0, 0.05) is 41.4 Å². The summed E-state index contributed by atoms with van der Waals surface area (Å²) in [6, 6.07) is 12.5. The van der Waals surface area contributed by atoms with Crippen LogP contribution in [0, 0.1) is 0 Å². The highest BCUT2D eigenvalue weighted by Crippen LogP contribution is 2.23. The van der Waals surface area contributed by atoms with Crippen molar-refractivity contribution in [1.82, 2.24) is 19.4 Å². The first kappa shape index (κ1) is 21.0. The van der Waals surface area contributed by atoms with Crippen molar-refractivity contribution in [2.45, 2.75) is 26.8 Å². The molecule has 0 bridgehead atoms. The van der Waals surface area contributed by atoms with Crippen LogP contribution in [0.4, 0.5) is 14.5 Å². The molecule has 4 aromatic rings. The first-order valence-corrected chi connectivity index (χ1v) is 10.4. The van der Waals surface area contributed by atoms with E-state index < -0.39 is 12.2 Å². The SMILES string of the molecule is CCN(CC)CCn1ccc2cc(NC(=O)c3ccc4nc(C(F)F)[nH]c4c3)ccc21. The molecule has 2 aromatic heterocycles. The highest BCUT2D eigenvalue weighted by molar-refractivity contribution is 6.06. The molecule has 0 unspecified atom stereocenters. The largest absolute Gasteiger partial charge is 0.346 e. The number of amides is 1. The van der Waals surface area contributed by atoms with E-state index in [4.69, 9.17) is 0 Å². The molecule has 0 saturated heterocycles. The van der Waals surface area contributed by atoms with E-state index in [-0.39, 0.29) is 5.91 Å². The maximum atomic E-state index is 12.8. The zero-order valence-corrected chi connectivity index (χ0v) is 17.5. The number of aromatic amines is 1. The summed E-state index contributed by atoms with van der Waals surface area (Å²) in [5.41, 5.74) is 2.97. The van der Waals surface area contributed by atoms with Gasteiger partial charge in [-0.1, -0.05) is 13.8 Å². The Morgan fingerprint density at radius 1 is 1.16 bits per heavy atom. The predicted molar refractivity (Wildman–Crippen MR) is 119 cm³/mol. The van der Waals surface area contributed by atoms with Gasteiger partial charge in [0.05, 0.1) is 11.0 Å². The summed E-state index contributed by atoms with van der Waals surface area (Å²) in [6.45, 7) is 8.27. The Morgan fingerprint density at radius 3 is 2.71 bits per heavy atom. The number of rotatable bonds is 8. The van der Waals surface area contributed by atoms with Gasteiger partial charge in [-0.25, -0.2) is 13.8 Å². The molecule has 0 fully saturated rings. The van der Waals surface area contributed by atoms with Gasteiger partial charge in [0.25, 0.3) is 12.3 Å². The number of nitrogens with one attached hydrogen (secondary N) is 2. The first-order chi connectivity index (χ1) is 15.0. The molecular weight excluding hydrogens is 400 g/mol. The van der Waals surface area contributed by atoms with E-state index >= 15 is 0 Å². The van der Waals surface area contributed by atoms with Gasteiger partial charge in [0.1, 0.15) is 0 Å². The van der Waals surface area contributed by atoms with Gasteiger partial charge in [-0.05, 0) is 55.6 Å². The van der Waals surface area contributed by atoms with E-state index in [9.17, 15) is 13.6 Å². The summed E-state index contributed by atoms with van der Waals surface area (Å²) in [5.74, 6) is -0.709. The number of carbonyl (C=O) groups excluding carboxylic acids is 1. The van der Waals surface area contributed by atoms with Crippen molar-refractivity contribution < 1.29 is 13.6 Å². The minimum Gasteiger partial charge on any atom is -0.346 e. The lowest BCUT2D eigenvalue weighted by Crippen LogP contribution is -2.26. The number of benzene rings is 2. The maximum Gasteiger partial charge on any atom is 0.295 e. The summed E-state index contributed by atoms with van der Waals surface area (Å²) in [4.78, 5) is 21.4. The number of hydrogen-bond acceptors (Lipinski definition) is 3. The van der Waals surface area contributed by atoms with E-state index in [1.54, 1.807) is 12.1 Å². The molecule has 162 valence electrons. The molecule has 0 aliphatic carbocycles. The number of fused-ring (bicyclic) bond motifs is 2. The number of halogens is 2. The minimum absolute atomic E-state index is 0.310. The van der Waals surface area contributed by atoms with Crippen molar-refractivity contribution in [3.05, 3.63) is 60.0 Å². The molecule has 2 heterocycles. The fourth-order valence-corrected chi connectivity index (χ4v) is 3.74. The summed E-state index contributed by atoms with van der Waals surface area (Å²) in [5, 5.41) is 3.93. The molecule has 0 saturated carbocycles. The Kier molecular flexibility index (Phi) is 5.99. The average molecular weight is 425 g/mol. The second kappa shape index (κ2) is 8.85. The van der Waals surface area contributed by atoms with Crippen LogP contribution in [-0.2, 0) is 6.54 Å². The molecule has 4 rings (SSSR count). The Balaban J connectivity index is 1.49. The van der Waals surface area contributed by atoms with Gasteiger partial charge in [0.15, 0.2) is 5.82 Å². The highest BCUT2D eigenvalue weighted by Gasteiger charge is 2.14. The van der Waals surface area contributed by atoms with E-state index in [2.05, 4.69) is 44.8 Å². The van der Waals surface area contributed by atoms with Crippen LogP contribution in [0.1, 0.15) is 36.5 Å². The van der Waals surface area contributed by atoms with Crippen LogP contribution in [-0.4, -0.2) is 45.0 Å². The molecule has 0 atom stereocenters. The normalized spacial score (nSPS) is 11.8. The monoisotopic (exact) mass is 425 g/mol. The lowest BCUT2D eigenvalue weighted by molar-refractivity contribution is 0.102. The second-order valence-corrected chi connectivity index (χ2v) is 7.42. The standard InChI is InChI=1S/C23H25F2N5O/c1-3-29(4-2)11-12-30-10-9-15-13-17(6-8-20(15)30)26-23(31)16-5-7-18-19(14-16)28-22(27-18)21(24)25/h5-10,13-14,21H,3-4,11-12H2,1-2H3,(H,26,31)(H,27,28). The molecule has 31 heavy (non-hydrogen) atoms. The van der Waals surface area contributed by atoms with E-state index in [1.165, 1.54) is 6.07 Å². The predicted octanol–water partition coefficient (Wildman–Crippen LogP) is 5.05. The molecule has 2 aromatic carbocycles. The van der Waals surface area contributed by atoms with Crippen molar-refractivity contribution >= 4 is 33.5 Å². The summed E-state index contributed by atoms with van der Waals surface area (Å²) in [6.07, 6.45) is -0.622. The topological polar surface area (TPSA) is 65.9 Å². The van der Waals surface area contributed by atoms with Crippen LogP contribution in [0.5, 0.6) is 0 Å². The van der Waals surface area contributed by atoms with Crippen molar-refractivity contribution in [1.29, 1.82) is 0 Å². The van der Waals surface area contributed by atoms with Gasteiger partial charge < -0.3 is 19.8 Å². The third-order valence-corrected chi connectivity index (χ3v) is 5.55. The zero-order chi connectivity index (χ0) is 22.0. The van der Waals surface area contributed by atoms with Gasteiger partial charge >= 0.3 is 0 Å². The highest BCUT2D eigenvalue weighted by atomic mass is 19.3. The van der Waals surface area contributed by atoms with Gasteiger partial charge in [-0.3, -0.25) is 4.79 Å². The van der Waals surface area contributed by atoms with Crippen molar-refractivity contribution in [3.8, 4) is 0 Å². The van der Waals surface area contributed by atoms with Crippen LogP contribution in [0.15, 0.2) is 48.7 Å². The third kappa shape index (κ3) is 4.44. The minimum atomic E-state index is -2.68. The number of H-pyrrole nitrogens is 1. The average Bonchev–Trinajstić information content (AvgIpc) is 3.38. The van der Waals surface area contributed by atoms with Gasteiger partial charge in [-0.2, -0.15) is 0 Å². The lowest BCUT2D eigenvalue weighted by Gasteiger charge is -2.18. The van der Waals surface area contributed by atoms with Gasteiger partial charge in [0.2, 0.25) is 0 Å². The summed E-state index contributed by atoms with van der Waals surface area (Å²) < 4.78 is 27.9. The molecule has 0 aliphatic heterocycles. The van der Waals surface area contributed by atoms with E-state index in [1.807, 2.05) is 24.3 Å². The Bertz CT molecular complexity index is 1210. The fourth-order valence-electron chi connectivity index (χ4n) is 3.74. The molecule has 8 heteroatoms. The van der Waals surface area contributed by atoms with Crippen LogP contribution in [0.2, 0.25) is 0 Å². The fraction of sp³-hybridized carbons (Fsp3) is 0.304. The number of likely N-dealkylation sites (N-methyl/N-ethyl adjacent to an activating group) is 1. The maximum absolute atomic E-state index is 12.8. The van der Waals surface area contributed by atoms with Crippen molar-refractivity contribution in [2.75, 3.05) is 25.0 Å². The Labute approximate surface area is 178 Å². The molecule has 1 amide bonds. The quantitative estimate of drug-likeness (QED) is 0.415. The number of alkyl halides is 2. The summed E-state index contributed by atoms with van der Waals surface area (Å²) in [7, 11) is 0. The zero-order valence-electron chi connectivity index (χ0n) is 17.5. The summed E-state index contributed by atoms with van der Waals surface area (Å²) >= 11 is 0. The molecule has 0 radical (unpaired) electrons. The Hall–Kier alpha value is -3.26. The third-order valence-electron chi connectivity index (χ3n) is 5.55. The van der Waals surface area contributed by atoms with Crippen LogP contribution < -0.4 is 5.32 Å². The second-order valence-electron chi connectivity index (χ2n) is 7.42. The number of nitrogens with zero attached hydrogens (tertiary/aromatic N) is 3. The van der Waals surface area contributed by atoms with Gasteiger partial charge in [-0.15, -0.1) is 0 Å². The first-order valence-electron chi connectivity index (χ1n) is 10.4. The van der Waals surface area contributed by atoms with Crippen LogP contribution >= 0.6 is 0 Å². The smallest absolute Gasteiger partial charge is 0.295 e. The molecule has 0 aliphatic rings. The molecule has 6 nitrogen and oxygen atoms in total. The lowest BCUT2D eigenvalue weighted by atomic mass is 10.1. The molecule has 2 N–H and O–H groups in total. The van der Waals surface area contributed by atoms with Crippen molar-refractivity contribution in [2.24, 2.45) is 0 Å². The number of hydrogen-bond donors (Lipinski definition) is 2. The van der Waals surface area contributed by atoms with E-state index in [0.29, 0.717) is 22.3 Å².